The Labute approximate surface area is 132 Å². The Kier molecular flexibility index (Phi) is 5.08. The third-order valence-electron chi connectivity index (χ3n) is 3.75. The molecule has 1 atom stereocenters. The summed E-state index contributed by atoms with van der Waals surface area (Å²) in [4.78, 5) is 14.2. The molecule has 1 fully saturated rings. The number of ether oxygens (including phenoxy) is 1. The third kappa shape index (κ3) is 4.71. The second-order valence-corrected chi connectivity index (χ2v) is 7.01. The van der Waals surface area contributed by atoms with Gasteiger partial charge < -0.3 is 15.2 Å². The number of nitrogens with zero attached hydrogens (tertiary/aromatic N) is 1. The Morgan fingerprint density at radius 1 is 1.36 bits per heavy atom. The summed E-state index contributed by atoms with van der Waals surface area (Å²) in [6, 6.07) is 10.2. The van der Waals surface area contributed by atoms with Crippen molar-refractivity contribution in [3.63, 3.8) is 0 Å². The first-order valence-electron chi connectivity index (χ1n) is 7.70. The number of benzene rings is 1. The van der Waals surface area contributed by atoms with E-state index in [1.54, 1.807) is 0 Å². The van der Waals surface area contributed by atoms with Crippen molar-refractivity contribution in [1.82, 2.24) is 10.2 Å². The van der Waals surface area contributed by atoms with Gasteiger partial charge in [0.1, 0.15) is 5.60 Å². The van der Waals surface area contributed by atoms with E-state index in [0.717, 1.165) is 19.5 Å². The summed E-state index contributed by atoms with van der Waals surface area (Å²) in [7, 11) is 0. The number of alkyl carbamates (subject to hydrolysis) is 1. The van der Waals surface area contributed by atoms with Gasteiger partial charge >= 0.3 is 6.09 Å². The second-order valence-electron chi connectivity index (χ2n) is 7.01. The minimum atomic E-state index is -0.614. The maximum absolute atomic E-state index is 12.0. The van der Waals surface area contributed by atoms with Crippen LogP contribution in [0.15, 0.2) is 30.3 Å². The first-order chi connectivity index (χ1) is 10.3. The van der Waals surface area contributed by atoms with Gasteiger partial charge in [0, 0.05) is 19.6 Å². The van der Waals surface area contributed by atoms with Gasteiger partial charge in [-0.25, -0.2) is 4.79 Å². The zero-order chi connectivity index (χ0) is 16.2. The van der Waals surface area contributed by atoms with Crippen LogP contribution < -0.4 is 5.32 Å². The van der Waals surface area contributed by atoms with E-state index in [4.69, 9.17) is 4.74 Å². The Morgan fingerprint density at radius 2 is 2.05 bits per heavy atom. The highest BCUT2D eigenvalue weighted by atomic mass is 16.6. The molecule has 0 bridgehead atoms. The summed E-state index contributed by atoms with van der Waals surface area (Å²) in [5, 5.41) is 12.6. The predicted molar refractivity (Wildman–Crippen MR) is 85.5 cm³/mol. The number of carbonyl (C=O) groups is 1. The van der Waals surface area contributed by atoms with Gasteiger partial charge in [0.15, 0.2) is 0 Å². The molecule has 1 amide bonds. The van der Waals surface area contributed by atoms with Gasteiger partial charge in [-0.2, -0.15) is 0 Å². The summed E-state index contributed by atoms with van der Waals surface area (Å²) in [6.07, 6.45) is 0.248. The van der Waals surface area contributed by atoms with Crippen LogP contribution in [0.25, 0.3) is 0 Å². The van der Waals surface area contributed by atoms with Crippen LogP contribution in [-0.4, -0.2) is 46.9 Å². The van der Waals surface area contributed by atoms with E-state index >= 15 is 0 Å². The summed E-state index contributed by atoms with van der Waals surface area (Å²) < 4.78 is 5.30. The Hall–Kier alpha value is -1.59. The number of aliphatic hydroxyl groups excluding tert-OH is 1. The number of hydrogen-bond acceptors (Lipinski definition) is 4. The van der Waals surface area contributed by atoms with Gasteiger partial charge in [-0.3, -0.25) is 4.90 Å². The van der Waals surface area contributed by atoms with Crippen molar-refractivity contribution in [1.29, 1.82) is 0 Å². The molecule has 1 aliphatic rings. The minimum Gasteiger partial charge on any atom is -0.444 e. The number of rotatable bonds is 4. The fraction of sp³-hybridized carbons (Fsp3) is 0.588. The summed E-state index contributed by atoms with van der Waals surface area (Å²) in [6.45, 7) is 7.68. The van der Waals surface area contributed by atoms with Crippen LogP contribution >= 0.6 is 0 Å². The number of nitrogens with one attached hydrogen (secondary N) is 1. The van der Waals surface area contributed by atoms with Crippen molar-refractivity contribution in [2.75, 3.05) is 19.7 Å². The Balaban J connectivity index is 1.93. The molecule has 0 aromatic heterocycles. The van der Waals surface area contributed by atoms with Crippen LogP contribution in [0.1, 0.15) is 32.8 Å². The monoisotopic (exact) mass is 306 g/mol. The van der Waals surface area contributed by atoms with E-state index in [1.807, 2.05) is 39.0 Å². The number of likely N-dealkylation sites (tertiary alicyclic amines) is 1. The van der Waals surface area contributed by atoms with Crippen LogP contribution in [0.5, 0.6) is 0 Å². The first-order valence-corrected chi connectivity index (χ1v) is 7.70. The van der Waals surface area contributed by atoms with E-state index in [-0.39, 0.29) is 6.61 Å². The molecule has 1 heterocycles. The molecule has 2 rings (SSSR count). The molecule has 1 saturated heterocycles. The average molecular weight is 306 g/mol. The van der Waals surface area contributed by atoms with Crippen molar-refractivity contribution in [2.45, 2.75) is 44.9 Å². The number of aliphatic hydroxyl groups is 1. The van der Waals surface area contributed by atoms with E-state index in [9.17, 15) is 9.90 Å². The van der Waals surface area contributed by atoms with Crippen molar-refractivity contribution < 1.29 is 14.6 Å². The van der Waals surface area contributed by atoms with E-state index in [2.05, 4.69) is 22.3 Å². The van der Waals surface area contributed by atoms with Crippen molar-refractivity contribution >= 4 is 6.09 Å². The summed E-state index contributed by atoms with van der Waals surface area (Å²) >= 11 is 0. The maximum atomic E-state index is 12.0. The highest BCUT2D eigenvalue weighted by Crippen LogP contribution is 2.23. The molecule has 1 aromatic rings. The molecule has 2 N–H and O–H groups in total. The molecular weight excluding hydrogens is 280 g/mol. The second kappa shape index (κ2) is 6.67. The topological polar surface area (TPSA) is 61.8 Å². The summed E-state index contributed by atoms with van der Waals surface area (Å²) in [5.41, 5.74) is 0.0775. The fourth-order valence-electron chi connectivity index (χ4n) is 2.73. The molecular formula is C17H26N2O3. The highest BCUT2D eigenvalue weighted by Gasteiger charge is 2.39. The first kappa shape index (κ1) is 16.8. The van der Waals surface area contributed by atoms with Gasteiger partial charge in [-0.1, -0.05) is 30.3 Å². The Bertz CT molecular complexity index is 498. The van der Waals surface area contributed by atoms with Crippen LogP contribution in [0.4, 0.5) is 4.79 Å². The van der Waals surface area contributed by atoms with Crippen LogP contribution in [-0.2, 0) is 11.3 Å². The molecule has 0 saturated carbocycles. The van der Waals surface area contributed by atoms with E-state index in [0.29, 0.717) is 6.54 Å². The van der Waals surface area contributed by atoms with Gasteiger partial charge in [0.05, 0.1) is 12.1 Å². The van der Waals surface area contributed by atoms with Crippen LogP contribution in [0.3, 0.4) is 0 Å². The van der Waals surface area contributed by atoms with Crippen molar-refractivity contribution in [3.8, 4) is 0 Å². The fourth-order valence-corrected chi connectivity index (χ4v) is 2.73. The summed E-state index contributed by atoms with van der Waals surface area (Å²) in [5.74, 6) is 0. The van der Waals surface area contributed by atoms with Crippen molar-refractivity contribution in [3.05, 3.63) is 35.9 Å². The zero-order valence-electron chi connectivity index (χ0n) is 13.6. The lowest BCUT2D eigenvalue weighted by Gasteiger charge is -2.30. The molecule has 1 unspecified atom stereocenters. The highest BCUT2D eigenvalue weighted by molar-refractivity contribution is 5.69. The van der Waals surface area contributed by atoms with E-state index < -0.39 is 17.2 Å². The molecule has 122 valence electrons. The lowest BCUT2D eigenvalue weighted by atomic mass is 10.0. The average Bonchev–Trinajstić information content (AvgIpc) is 2.81. The maximum Gasteiger partial charge on any atom is 0.408 e. The number of carbonyl (C=O) groups excluding carboxylic acids is 1. The molecule has 5 heteroatoms. The van der Waals surface area contributed by atoms with E-state index in [1.165, 1.54) is 5.56 Å². The standard InChI is InChI=1S/C17H26N2O3/c1-16(2,3)22-15(21)18-17(13-20)9-10-19(12-17)11-14-7-5-4-6-8-14/h4-8,20H,9-13H2,1-3H3,(H,18,21). The van der Waals surface area contributed by atoms with Gasteiger partial charge in [0.2, 0.25) is 0 Å². The largest absolute Gasteiger partial charge is 0.444 e. The Morgan fingerprint density at radius 3 is 2.64 bits per heavy atom. The van der Waals surface area contributed by atoms with Gasteiger partial charge in [-0.05, 0) is 32.8 Å². The van der Waals surface area contributed by atoms with Gasteiger partial charge in [0.25, 0.3) is 0 Å². The molecule has 5 nitrogen and oxygen atoms in total. The van der Waals surface area contributed by atoms with Gasteiger partial charge in [-0.15, -0.1) is 0 Å². The third-order valence-corrected chi connectivity index (χ3v) is 3.75. The predicted octanol–water partition coefficient (Wildman–Crippen LogP) is 2.15. The molecule has 1 aromatic carbocycles. The van der Waals surface area contributed by atoms with Crippen LogP contribution in [0.2, 0.25) is 0 Å². The molecule has 22 heavy (non-hydrogen) atoms. The normalized spacial score (nSPS) is 22.5. The number of hydrogen-bond donors (Lipinski definition) is 2. The number of amides is 1. The molecule has 0 aliphatic carbocycles. The quantitative estimate of drug-likeness (QED) is 0.895. The lowest BCUT2D eigenvalue weighted by Crippen LogP contribution is -2.54. The smallest absolute Gasteiger partial charge is 0.408 e. The van der Waals surface area contributed by atoms with Crippen LogP contribution in [0, 0.1) is 0 Å². The zero-order valence-corrected chi connectivity index (χ0v) is 13.6. The SMILES string of the molecule is CC(C)(C)OC(=O)NC1(CO)CCN(Cc2ccccc2)C1. The molecule has 0 spiro atoms. The lowest BCUT2D eigenvalue weighted by molar-refractivity contribution is 0.0404. The molecule has 0 radical (unpaired) electrons. The minimum absolute atomic E-state index is 0.0858. The molecule has 1 aliphatic heterocycles. The van der Waals surface area contributed by atoms with Crippen molar-refractivity contribution in [2.24, 2.45) is 0 Å².